The zero-order chi connectivity index (χ0) is 11.8. The molecule has 86 valence electrons. The summed E-state index contributed by atoms with van der Waals surface area (Å²) < 4.78 is 2.68. The van der Waals surface area contributed by atoms with Crippen molar-refractivity contribution in [1.82, 2.24) is 4.57 Å². The Balaban J connectivity index is 2.31. The van der Waals surface area contributed by atoms with Crippen LogP contribution < -0.4 is 5.56 Å². The fraction of sp³-hybridized carbons (Fsp3) is 0.417. The van der Waals surface area contributed by atoms with Crippen LogP contribution in [-0.4, -0.2) is 15.3 Å². The molecule has 0 aliphatic rings. The van der Waals surface area contributed by atoms with E-state index in [1.165, 1.54) is 0 Å². The molecule has 0 amide bonds. The molecule has 2 rings (SSSR count). The first kappa shape index (κ1) is 11.4. The standard InChI is InChI=1S/C12H15NO2S/c1-12(2,15)5-7-13-6-3-10-9(11(13)14)4-8-16-10/h3-4,6,8,15H,5,7H2,1-2H3. The number of aliphatic hydroxyl groups is 1. The second-order valence-corrected chi connectivity index (χ2v) is 5.52. The maximum atomic E-state index is 12.0. The van der Waals surface area contributed by atoms with Crippen LogP contribution in [0.5, 0.6) is 0 Å². The van der Waals surface area contributed by atoms with Crippen LogP contribution in [0.1, 0.15) is 20.3 Å². The van der Waals surface area contributed by atoms with Crippen molar-refractivity contribution in [3.8, 4) is 0 Å². The molecular weight excluding hydrogens is 222 g/mol. The molecule has 0 aromatic carbocycles. The molecule has 0 spiro atoms. The highest BCUT2D eigenvalue weighted by atomic mass is 32.1. The first-order chi connectivity index (χ1) is 7.47. The van der Waals surface area contributed by atoms with Gasteiger partial charge in [-0.1, -0.05) is 0 Å². The number of nitrogens with zero attached hydrogens (tertiary/aromatic N) is 1. The summed E-state index contributed by atoms with van der Waals surface area (Å²) in [4.78, 5) is 12.0. The summed E-state index contributed by atoms with van der Waals surface area (Å²) in [5, 5.41) is 12.3. The topological polar surface area (TPSA) is 42.2 Å². The van der Waals surface area contributed by atoms with Gasteiger partial charge in [0.2, 0.25) is 0 Å². The van der Waals surface area contributed by atoms with Crippen LogP contribution in [0.15, 0.2) is 28.5 Å². The summed E-state index contributed by atoms with van der Waals surface area (Å²) in [5.41, 5.74) is -0.703. The molecule has 0 saturated carbocycles. The van der Waals surface area contributed by atoms with Gasteiger partial charge in [0.25, 0.3) is 5.56 Å². The molecule has 2 aromatic rings. The minimum Gasteiger partial charge on any atom is -0.390 e. The Morgan fingerprint density at radius 1 is 1.44 bits per heavy atom. The summed E-state index contributed by atoms with van der Waals surface area (Å²) in [7, 11) is 0. The van der Waals surface area contributed by atoms with Gasteiger partial charge in [0, 0.05) is 17.4 Å². The monoisotopic (exact) mass is 237 g/mol. The molecule has 0 atom stereocenters. The Kier molecular flexibility index (Phi) is 2.86. The van der Waals surface area contributed by atoms with E-state index < -0.39 is 5.60 Å². The second-order valence-electron chi connectivity index (χ2n) is 4.58. The van der Waals surface area contributed by atoms with E-state index in [2.05, 4.69) is 0 Å². The van der Waals surface area contributed by atoms with Gasteiger partial charge in [-0.25, -0.2) is 0 Å². The van der Waals surface area contributed by atoms with E-state index in [1.54, 1.807) is 35.9 Å². The lowest BCUT2D eigenvalue weighted by Gasteiger charge is -2.17. The van der Waals surface area contributed by atoms with Crippen molar-refractivity contribution >= 4 is 21.4 Å². The van der Waals surface area contributed by atoms with Gasteiger partial charge in [0.1, 0.15) is 0 Å². The normalized spacial score (nSPS) is 12.2. The summed E-state index contributed by atoms with van der Waals surface area (Å²) in [6.45, 7) is 4.05. The Labute approximate surface area is 98.0 Å². The summed E-state index contributed by atoms with van der Waals surface area (Å²) in [5.74, 6) is 0. The van der Waals surface area contributed by atoms with Crippen molar-refractivity contribution in [3.05, 3.63) is 34.1 Å². The van der Waals surface area contributed by atoms with E-state index in [4.69, 9.17) is 0 Å². The van der Waals surface area contributed by atoms with Crippen molar-refractivity contribution in [2.45, 2.75) is 32.4 Å². The van der Waals surface area contributed by atoms with E-state index in [0.29, 0.717) is 13.0 Å². The number of rotatable bonds is 3. The molecule has 1 N–H and O–H groups in total. The fourth-order valence-electron chi connectivity index (χ4n) is 1.58. The molecule has 0 bridgehead atoms. The lowest BCUT2D eigenvalue weighted by Crippen LogP contribution is -2.26. The van der Waals surface area contributed by atoms with E-state index in [9.17, 15) is 9.90 Å². The van der Waals surface area contributed by atoms with E-state index in [-0.39, 0.29) is 5.56 Å². The highest BCUT2D eigenvalue weighted by Gasteiger charge is 2.13. The van der Waals surface area contributed by atoms with Crippen molar-refractivity contribution in [3.63, 3.8) is 0 Å². The maximum Gasteiger partial charge on any atom is 0.259 e. The Bertz CT molecular complexity index is 548. The molecule has 0 radical (unpaired) electrons. The number of fused-ring (bicyclic) bond motifs is 1. The number of aromatic nitrogens is 1. The van der Waals surface area contributed by atoms with Gasteiger partial charge in [0.15, 0.2) is 0 Å². The average Bonchev–Trinajstić information content (AvgIpc) is 2.64. The van der Waals surface area contributed by atoms with Crippen LogP contribution >= 0.6 is 11.3 Å². The van der Waals surface area contributed by atoms with Crippen molar-refractivity contribution in [2.24, 2.45) is 0 Å². The lowest BCUT2D eigenvalue weighted by atomic mass is 10.1. The summed E-state index contributed by atoms with van der Waals surface area (Å²) in [6, 6.07) is 3.80. The minimum atomic E-state index is -0.733. The molecule has 4 heteroatoms. The average molecular weight is 237 g/mol. The first-order valence-electron chi connectivity index (χ1n) is 5.26. The SMILES string of the molecule is CC(C)(O)CCn1ccc2sccc2c1=O. The van der Waals surface area contributed by atoms with Gasteiger partial charge < -0.3 is 9.67 Å². The van der Waals surface area contributed by atoms with Crippen molar-refractivity contribution in [2.75, 3.05) is 0 Å². The number of aryl methyl sites for hydroxylation is 1. The third-order valence-electron chi connectivity index (χ3n) is 2.56. The predicted octanol–water partition coefficient (Wildman–Crippen LogP) is 2.22. The number of hydrogen-bond acceptors (Lipinski definition) is 3. The third kappa shape index (κ3) is 2.33. The smallest absolute Gasteiger partial charge is 0.259 e. The molecule has 0 saturated heterocycles. The van der Waals surface area contributed by atoms with E-state index in [0.717, 1.165) is 10.1 Å². The molecule has 0 aliphatic carbocycles. The number of thiophene rings is 1. The summed E-state index contributed by atoms with van der Waals surface area (Å²) >= 11 is 1.57. The Morgan fingerprint density at radius 3 is 2.88 bits per heavy atom. The largest absolute Gasteiger partial charge is 0.390 e. The van der Waals surface area contributed by atoms with Crippen LogP contribution in [0.25, 0.3) is 10.1 Å². The molecule has 2 heterocycles. The predicted molar refractivity (Wildman–Crippen MR) is 67.0 cm³/mol. The highest BCUT2D eigenvalue weighted by Crippen LogP contribution is 2.16. The Morgan fingerprint density at radius 2 is 2.19 bits per heavy atom. The lowest BCUT2D eigenvalue weighted by molar-refractivity contribution is 0.0659. The van der Waals surface area contributed by atoms with E-state index >= 15 is 0 Å². The quantitative estimate of drug-likeness (QED) is 0.889. The Hall–Kier alpha value is -1.13. The van der Waals surface area contributed by atoms with Gasteiger partial charge in [-0.3, -0.25) is 4.79 Å². The van der Waals surface area contributed by atoms with E-state index in [1.807, 2.05) is 17.5 Å². The molecule has 2 aromatic heterocycles. The van der Waals surface area contributed by atoms with Crippen LogP contribution in [0, 0.1) is 0 Å². The molecule has 0 aliphatic heterocycles. The fourth-order valence-corrected chi connectivity index (χ4v) is 2.35. The highest BCUT2D eigenvalue weighted by molar-refractivity contribution is 7.17. The van der Waals surface area contributed by atoms with Gasteiger partial charge in [-0.05, 0) is 37.8 Å². The molecule has 0 fully saturated rings. The molecule has 16 heavy (non-hydrogen) atoms. The zero-order valence-electron chi connectivity index (χ0n) is 9.43. The van der Waals surface area contributed by atoms with Gasteiger partial charge >= 0.3 is 0 Å². The minimum absolute atomic E-state index is 0.0306. The molecule has 0 unspecified atom stereocenters. The number of pyridine rings is 1. The van der Waals surface area contributed by atoms with Crippen LogP contribution in [-0.2, 0) is 6.54 Å². The van der Waals surface area contributed by atoms with Crippen molar-refractivity contribution in [1.29, 1.82) is 0 Å². The van der Waals surface area contributed by atoms with Gasteiger partial charge in [-0.2, -0.15) is 0 Å². The van der Waals surface area contributed by atoms with Crippen LogP contribution in [0.2, 0.25) is 0 Å². The second kappa shape index (κ2) is 4.03. The maximum absolute atomic E-state index is 12.0. The van der Waals surface area contributed by atoms with Gasteiger partial charge in [0.05, 0.1) is 11.0 Å². The number of hydrogen-bond donors (Lipinski definition) is 1. The zero-order valence-corrected chi connectivity index (χ0v) is 10.3. The third-order valence-corrected chi connectivity index (χ3v) is 3.44. The first-order valence-corrected chi connectivity index (χ1v) is 6.14. The molecule has 3 nitrogen and oxygen atoms in total. The van der Waals surface area contributed by atoms with Crippen LogP contribution in [0.4, 0.5) is 0 Å². The summed E-state index contributed by atoms with van der Waals surface area (Å²) in [6.07, 6.45) is 2.37. The van der Waals surface area contributed by atoms with Crippen molar-refractivity contribution < 1.29 is 5.11 Å². The van der Waals surface area contributed by atoms with Gasteiger partial charge in [-0.15, -0.1) is 11.3 Å². The molecular formula is C12H15NO2S. The van der Waals surface area contributed by atoms with Crippen LogP contribution in [0.3, 0.4) is 0 Å².